The molecule has 1 aliphatic heterocycles. The Morgan fingerprint density at radius 2 is 1.96 bits per heavy atom. The van der Waals surface area contributed by atoms with Gasteiger partial charge in [-0.1, -0.05) is 12.1 Å². The Hall–Kier alpha value is -2.09. The lowest BCUT2D eigenvalue weighted by Gasteiger charge is -2.32. The average molecular weight is 353 g/mol. The maximum Gasteiger partial charge on any atom is 0.317 e. The Bertz CT molecular complexity index is 701. The standard InChI is InChI=1S/C16H23N3O4S/c1-24(22,23)11-13-3-2-8-19(10-13)16(21)18-9-12-4-6-14(7-5-12)15(17)20/h4-7,13H,2-3,8-11H2,1H3,(H2,17,20)(H,18,21). The van der Waals surface area contributed by atoms with Crippen molar-refractivity contribution in [2.75, 3.05) is 25.1 Å². The number of primary amides is 1. The van der Waals surface area contributed by atoms with Crippen LogP contribution >= 0.6 is 0 Å². The molecule has 0 radical (unpaired) electrons. The van der Waals surface area contributed by atoms with Crippen molar-refractivity contribution in [2.45, 2.75) is 19.4 Å². The lowest BCUT2D eigenvalue weighted by atomic mass is 10.0. The summed E-state index contributed by atoms with van der Waals surface area (Å²) >= 11 is 0. The van der Waals surface area contributed by atoms with Crippen LogP contribution in [-0.4, -0.2) is 50.4 Å². The number of hydrogen-bond donors (Lipinski definition) is 2. The summed E-state index contributed by atoms with van der Waals surface area (Å²) in [6.45, 7) is 1.43. The van der Waals surface area contributed by atoms with Crippen molar-refractivity contribution in [1.82, 2.24) is 10.2 Å². The number of urea groups is 1. The predicted octanol–water partition coefficient (Wildman–Crippen LogP) is 0.752. The molecule has 3 N–H and O–H groups in total. The molecular formula is C16H23N3O4S. The van der Waals surface area contributed by atoms with Gasteiger partial charge in [0.1, 0.15) is 9.84 Å². The van der Waals surface area contributed by atoms with Gasteiger partial charge in [0.15, 0.2) is 0 Å². The van der Waals surface area contributed by atoms with Gasteiger partial charge in [-0.15, -0.1) is 0 Å². The lowest BCUT2D eigenvalue weighted by Crippen LogP contribution is -2.46. The molecule has 7 nitrogen and oxygen atoms in total. The maximum atomic E-state index is 12.2. The van der Waals surface area contributed by atoms with E-state index in [0.29, 0.717) is 25.2 Å². The fourth-order valence-corrected chi connectivity index (χ4v) is 4.02. The summed E-state index contributed by atoms with van der Waals surface area (Å²) in [6, 6.07) is 6.51. The molecule has 0 aromatic heterocycles. The van der Waals surface area contributed by atoms with Crippen LogP contribution in [0.1, 0.15) is 28.8 Å². The van der Waals surface area contributed by atoms with E-state index in [4.69, 9.17) is 5.73 Å². The van der Waals surface area contributed by atoms with Gasteiger partial charge in [-0.2, -0.15) is 0 Å². The number of piperidine rings is 1. The number of nitrogens with zero attached hydrogens (tertiary/aromatic N) is 1. The quantitative estimate of drug-likeness (QED) is 0.814. The molecule has 1 unspecified atom stereocenters. The number of nitrogens with one attached hydrogen (secondary N) is 1. The highest BCUT2D eigenvalue weighted by molar-refractivity contribution is 7.90. The van der Waals surface area contributed by atoms with E-state index in [1.807, 2.05) is 0 Å². The number of likely N-dealkylation sites (tertiary alicyclic amines) is 1. The molecule has 1 aromatic carbocycles. The molecule has 1 saturated heterocycles. The summed E-state index contributed by atoms with van der Waals surface area (Å²) in [5.41, 5.74) is 6.46. The smallest absolute Gasteiger partial charge is 0.317 e. The molecule has 24 heavy (non-hydrogen) atoms. The third kappa shape index (κ3) is 5.52. The summed E-state index contributed by atoms with van der Waals surface area (Å²) in [5.74, 6) is -0.379. The average Bonchev–Trinajstić information content (AvgIpc) is 2.51. The van der Waals surface area contributed by atoms with Crippen LogP contribution in [0.3, 0.4) is 0 Å². The van der Waals surface area contributed by atoms with Crippen LogP contribution in [0.4, 0.5) is 4.79 Å². The summed E-state index contributed by atoms with van der Waals surface area (Å²) in [4.78, 5) is 24.9. The molecule has 132 valence electrons. The number of carbonyl (C=O) groups excluding carboxylic acids is 2. The maximum absolute atomic E-state index is 12.2. The molecule has 1 aromatic rings. The Morgan fingerprint density at radius 3 is 2.54 bits per heavy atom. The van der Waals surface area contributed by atoms with Crippen LogP contribution in [0.5, 0.6) is 0 Å². The third-order valence-corrected chi connectivity index (χ3v) is 5.10. The van der Waals surface area contributed by atoms with E-state index in [0.717, 1.165) is 18.4 Å². The summed E-state index contributed by atoms with van der Waals surface area (Å²) in [7, 11) is -3.04. The van der Waals surface area contributed by atoms with Crippen molar-refractivity contribution in [2.24, 2.45) is 11.7 Å². The number of hydrogen-bond acceptors (Lipinski definition) is 4. The van der Waals surface area contributed by atoms with E-state index in [1.54, 1.807) is 29.2 Å². The predicted molar refractivity (Wildman–Crippen MR) is 91.2 cm³/mol. The molecule has 0 saturated carbocycles. The Kier molecular flexibility index (Phi) is 5.82. The fraction of sp³-hybridized carbons (Fsp3) is 0.500. The minimum absolute atomic E-state index is 0.00523. The van der Waals surface area contributed by atoms with E-state index in [1.165, 1.54) is 6.26 Å². The number of amides is 3. The van der Waals surface area contributed by atoms with Gasteiger partial charge in [0, 0.05) is 31.5 Å². The molecule has 1 atom stereocenters. The van der Waals surface area contributed by atoms with Gasteiger partial charge >= 0.3 is 6.03 Å². The van der Waals surface area contributed by atoms with Crippen LogP contribution in [0.2, 0.25) is 0 Å². The lowest BCUT2D eigenvalue weighted by molar-refractivity contribution is 0.1000. The van der Waals surface area contributed by atoms with Gasteiger partial charge in [0.25, 0.3) is 0 Å². The van der Waals surface area contributed by atoms with Crippen molar-refractivity contribution in [3.05, 3.63) is 35.4 Å². The van der Waals surface area contributed by atoms with Crippen molar-refractivity contribution in [1.29, 1.82) is 0 Å². The molecule has 2 rings (SSSR count). The highest BCUT2D eigenvalue weighted by atomic mass is 32.2. The zero-order valence-electron chi connectivity index (χ0n) is 13.7. The Labute approximate surface area is 142 Å². The molecule has 8 heteroatoms. The van der Waals surface area contributed by atoms with Crippen molar-refractivity contribution >= 4 is 21.8 Å². The minimum Gasteiger partial charge on any atom is -0.366 e. The Morgan fingerprint density at radius 1 is 1.29 bits per heavy atom. The first-order valence-electron chi connectivity index (χ1n) is 7.84. The zero-order valence-corrected chi connectivity index (χ0v) is 14.5. The van der Waals surface area contributed by atoms with E-state index in [2.05, 4.69) is 5.32 Å². The minimum atomic E-state index is -3.04. The van der Waals surface area contributed by atoms with Gasteiger partial charge in [0.2, 0.25) is 5.91 Å². The number of nitrogens with two attached hydrogens (primary N) is 1. The zero-order chi connectivity index (χ0) is 17.7. The monoisotopic (exact) mass is 353 g/mol. The fourth-order valence-electron chi connectivity index (χ4n) is 2.89. The first-order chi connectivity index (χ1) is 11.2. The van der Waals surface area contributed by atoms with Crippen molar-refractivity contribution in [3.63, 3.8) is 0 Å². The van der Waals surface area contributed by atoms with Gasteiger partial charge in [-0.25, -0.2) is 13.2 Å². The number of benzene rings is 1. The van der Waals surface area contributed by atoms with E-state index in [9.17, 15) is 18.0 Å². The second-order valence-electron chi connectivity index (χ2n) is 6.27. The van der Waals surface area contributed by atoms with Crippen LogP contribution in [0.15, 0.2) is 24.3 Å². The highest BCUT2D eigenvalue weighted by Crippen LogP contribution is 2.18. The molecule has 0 bridgehead atoms. The van der Waals surface area contributed by atoms with E-state index < -0.39 is 15.7 Å². The molecule has 1 aliphatic rings. The second kappa shape index (κ2) is 7.65. The van der Waals surface area contributed by atoms with Gasteiger partial charge < -0.3 is 16.0 Å². The van der Waals surface area contributed by atoms with Gasteiger partial charge in [-0.3, -0.25) is 4.79 Å². The normalized spacial score (nSPS) is 18.2. The second-order valence-corrected chi connectivity index (χ2v) is 8.45. The first kappa shape index (κ1) is 18.3. The summed E-state index contributed by atoms with van der Waals surface area (Å²) < 4.78 is 22.8. The molecule has 1 fully saturated rings. The number of carbonyl (C=O) groups is 2. The van der Waals surface area contributed by atoms with Crippen molar-refractivity contribution in [3.8, 4) is 0 Å². The largest absolute Gasteiger partial charge is 0.366 e. The third-order valence-electron chi connectivity index (χ3n) is 4.03. The van der Waals surface area contributed by atoms with Crippen LogP contribution < -0.4 is 11.1 Å². The van der Waals surface area contributed by atoms with Gasteiger partial charge in [0.05, 0.1) is 5.75 Å². The summed E-state index contributed by atoms with van der Waals surface area (Å²) in [5, 5.41) is 2.82. The topological polar surface area (TPSA) is 110 Å². The SMILES string of the molecule is CS(=O)(=O)CC1CCCN(C(=O)NCc2ccc(C(N)=O)cc2)C1. The first-order valence-corrected chi connectivity index (χ1v) is 9.90. The molecule has 1 heterocycles. The molecule has 0 aliphatic carbocycles. The van der Waals surface area contributed by atoms with Gasteiger partial charge in [-0.05, 0) is 36.5 Å². The highest BCUT2D eigenvalue weighted by Gasteiger charge is 2.25. The van der Waals surface area contributed by atoms with Crippen LogP contribution in [0.25, 0.3) is 0 Å². The van der Waals surface area contributed by atoms with E-state index >= 15 is 0 Å². The molecular weight excluding hydrogens is 330 g/mol. The van der Waals surface area contributed by atoms with Crippen molar-refractivity contribution < 1.29 is 18.0 Å². The van der Waals surface area contributed by atoms with E-state index in [-0.39, 0.29) is 17.7 Å². The number of rotatable bonds is 5. The van der Waals surface area contributed by atoms with Crippen LogP contribution in [0, 0.1) is 5.92 Å². The Balaban J connectivity index is 1.86. The molecule has 3 amide bonds. The van der Waals surface area contributed by atoms with Crippen LogP contribution in [-0.2, 0) is 16.4 Å². The molecule has 0 spiro atoms. The summed E-state index contributed by atoms with van der Waals surface area (Å²) in [6.07, 6.45) is 2.86. The number of sulfone groups is 1.